The maximum absolute atomic E-state index is 12.8. The van der Waals surface area contributed by atoms with E-state index in [0.29, 0.717) is 5.75 Å². The lowest BCUT2D eigenvalue weighted by atomic mass is 10.2. The van der Waals surface area contributed by atoms with E-state index < -0.39 is 20.5 Å². The molecule has 0 radical (unpaired) electrons. The van der Waals surface area contributed by atoms with E-state index in [4.69, 9.17) is 14.7 Å². The Morgan fingerprint density at radius 1 is 1.25 bits per heavy atom. The van der Waals surface area contributed by atoms with Crippen molar-refractivity contribution in [2.45, 2.75) is 51.0 Å². The number of hydrogen-bond acceptors (Lipinski definition) is 4. The summed E-state index contributed by atoms with van der Waals surface area (Å²) in [4.78, 5) is 2.78. The SMILES string of the molecule is CC(C)(C)[Si](C)(C)OCC(N=[N+]=[N-])C(O)COc1ccc(F)cc1. The van der Waals surface area contributed by atoms with Gasteiger partial charge in [0.2, 0.25) is 0 Å². The van der Waals surface area contributed by atoms with Gasteiger partial charge in [0.15, 0.2) is 8.32 Å². The van der Waals surface area contributed by atoms with E-state index in [1.54, 1.807) is 0 Å². The van der Waals surface area contributed by atoms with Gasteiger partial charge < -0.3 is 14.3 Å². The van der Waals surface area contributed by atoms with Crippen molar-refractivity contribution >= 4 is 8.32 Å². The van der Waals surface area contributed by atoms with Crippen LogP contribution in [-0.2, 0) is 4.43 Å². The van der Waals surface area contributed by atoms with Crippen LogP contribution < -0.4 is 4.74 Å². The van der Waals surface area contributed by atoms with E-state index in [1.165, 1.54) is 24.3 Å². The topological polar surface area (TPSA) is 87.5 Å². The number of benzene rings is 1. The molecule has 1 aromatic carbocycles. The highest BCUT2D eigenvalue weighted by Crippen LogP contribution is 2.36. The fourth-order valence-corrected chi connectivity index (χ4v) is 2.64. The second-order valence-corrected chi connectivity index (χ2v) is 12.0. The smallest absolute Gasteiger partial charge is 0.191 e. The summed E-state index contributed by atoms with van der Waals surface area (Å²) < 4.78 is 24.3. The Morgan fingerprint density at radius 3 is 2.33 bits per heavy atom. The van der Waals surface area contributed by atoms with E-state index in [1.807, 2.05) is 0 Å². The molecule has 24 heavy (non-hydrogen) atoms. The monoisotopic (exact) mass is 355 g/mol. The van der Waals surface area contributed by atoms with Crippen LogP contribution in [0.2, 0.25) is 18.1 Å². The summed E-state index contributed by atoms with van der Waals surface area (Å²) in [5.74, 6) is 0.0677. The zero-order valence-electron chi connectivity index (χ0n) is 14.9. The largest absolute Gasteiger partial charge is 0.491 e. The highest BCUT2D eigenvalue weighted by molar-refractivity contribution is 6.74. The zero-order chi connectivity index (χ0) is 18.4. The fraction of sp³-hybridized carbons (Fsp3) is 0.625. The average molecular weight is 355 g/mol. The van der Waals surface area contributed by atoms with Gasteiger partial charge in [-0.3, -0.25) is 0 Å². The number of aliphatic hydroxyl groups is 1. The van der Waals surface area contributed by atoms with Crippen molar-refractivity contribution in [1.82, 2.24) is 0 Å². The van der Waals surface area contributed by atoms with Crippen molar-refractivity contribution in [3.63, 3.8) is 0 Å². The Labute approximate surface area is 143 Å². The van der Waals surface area contributed by atoms with E-state index in [9.17, 15) is 9.50 Å². The van der Waals surface area contributed by atoms with Crippen LogP contribution in [0.3, 0.4) is 0 Å². The molecule has 0 heterocycles. The second kappa shape index (κ2) is 8.48. The zero-order valence-corrected chi connectivity index (χ0v) is 15.9. The molecule has 0 saturated carbocycles. The molecule has 0 bridgehead atoms. The van der Waals surface area contributed by atoms with Crippen LogP contribution in [0.4, 0.5) is 4.39 Å². The normalized spacial score (nSPS) is 14.6. The van der Waals surface area contributed by atoms with Gasteiger partial charge in [-0.1, -0.05) is 25.9 Å². The van der Waals surface area contributed by atoms with E-state index in [-0.39, 0.29) is 24.1 Å². The van der Waals surface area contributed by atoms with Crippen LogP contribution in [0.15, 0.2) is 29.4 Å². The van der Waals surface area contributed by atoms with Crippen LogP contribution in [0.5, 0.6) is 5.75 Å². The number of ether oxygens (including phenoxy) is 1. The highest BCUT2D eigenvalue weighted by Gasteiger charge is 2.38. The van der Waals surface area contributed by atoms with Crippen LogP contribution in [0.25, 0.3) is 10.4 Å². The first-order valence-electron chi connectivity index (χ1n) is 7.81. The molecule has 0 aliphatic heterocycles. The summed E-state index contributed by atoms with van der Waals surface area (Å²) in [5.41, 5.74) is 8.71. The average Bonchev–Trinajstić information content (AvgIpc) is 2.49. The molecule has 1 rings (SSSR count). The molecule has 0 aliphatic carbocycles. The van der Waals surface area contributed by atoms with Crippen LogP contribution in [-0.4, -0.2) is 38.8 Å². The van der Waals surface area contributed by atoms with Gasteiger partial charge in [-0.2, -0.15) is 0 Å². The van der Waals surface area contributed by atoms with Crippen molar-refractivity contribution in [2.24, 2.45) is 5.11 Å². The highest BCUT2D eigenvalue weighted by atomic mass is 28.4. The minimum atomic E-state index is -2.01. The first kappa shape index (κ1) is 20.4. The number of halogens is 1. The Kier molecular flexibility index (Phi) is 7.22. The van der Waals surface area contributed by atoms with Gasteiger partial charge in [-0.25, -0.2) is 4.39 Å². The van der Waals surface area contributed by atoms with Gasteiger partial charge in [0.05, 0.1) is 12.1 Å². The molecule has 0 saturated heterocycles. The molecule has 134 valence electrons. The minimum absolute atomic E-state index is 0.0173. The van der Waals surface area contributed by atoms with Crippen molar-refractivity contribution in [1.29, 1.82) is 0 Å². The van der Waals surface area contributed by atoms with E-state index >= 15 is 0 Å². The van der Waals surface area contributed by atoms with Crippen molar-refractivity contribution in [2.75, 3.05) is 13.2 Å². The molecule has 1 aromatic rings. The Balaban J connectivity index is 2.63. The first-order chi connectivity index (χ1) is 11.1. The molecule has 0 spiro atoms. The number of azide groups is 1. The Bertz CT molecular complexity index is 569. The predicted octanol–water partition coefficient (Wildman–Crippen LogP) is 4.27. The maximum Gasteiger partial charge on any atom is 0.191 e. The van der Waals surface area contributed by atoms with Gasteiger partial charge in [-0.05, 0) is 47.9 Å². The molecule has 0 amide bonds. The third-order valence-corrected chi connectivity index (χ3v) is 8.80. The van der Waals surface area contributed by atoms with Gasteiger partial charge in [0.25, 0.3) is 0 Å². The summed E-state index contributed by atoms with van der Waals surface area (Å²) in [6.45, 7) is 10.6. The third kappa shape index (κ3) is 6.12. The maximum atomic E-state index is 12.8. The molecule has 0 aliphatic rings. The van der Waals surface area contributed by atoms with Crippen LogP contribution >= 0.6 is 0 Å². The Morgan fingerprint density at radius 2 is 1.83 bits per heavy atom. The predicted molar refractivity (Wildman–Crippen MR) is 94.0 cm³/mol. The van der Waals surface area contributed by atoms with E-state index in [2.05, 4.69) is 43.9 Å². The van der Waals surface area contributed by atoms with Gasteiger partial charge in [0, 0.05) is 11.5 Å². The summed E-state index contributed by atoms with van der Waals surface area (Å²) in [6, 6.07) is 4.73. The first-order valence-corrected chi connectivity index (χ1v) is 10.7. The summed E-state index contributed by atoms with van der Waals surface area (Å²) in [5, 5.41) is 13.9. The molecule has 2 unspecified atom stereocenters. The summed E-state index contributed by atoms with van der Waals surface area (Å²) >= 11 is 0. The van der Waals surface area contributed by atoms with Crippen LogP contribution in [0, 0.1) is 5.82 Å². The lowest BCUT2D eigenvalue weighted by Crippen LogP contribution is -2.44. The molecular formula is C16H26FN3O3Si. The summed E-state index contributed by atoms with van der Waals surface area (Å²) in [6.07, 6.45) is -1.02. The fourth-order valence-electron chi connectivity index (χ4n) is 1.62. The number of nitrogens with zero attached hydrogens (tertiary/aromatic N) is 3. The number of hydrogen-bond donors (Lipinski definition) is 1. The molecule has 0 aromatic heterocycles. The third-order valence-electron chi connectivity index (χ3n) is 4.30. The lowest BCUT2D eigenvalue weighted by Gasteiger charge is -2.37. The number of rotatable bonds is 8. The van der Waals surface area contributed by atoms with Gasteiger partial charge in [0.1, 0.15) is 18.2 Å². The molecular weight excluding hydrogens is 329 g/mol. The molecule has 2 atom stereocenters. The molecule has 8 heteroatoms. The summed E-state index contributed by atoms with van der Waals surface area (Å²) in [7, 11) is -2.01. The van der Waals surface area contributed by atoms with Crippen molar-refractivity contribution < 1.29 is 18.7 Å². The van der Waals surface area contributed by atoms with Gasteiger partial charge in [-0.15, -0.1) is 0 Å². The lowest BCUT2D eigenvalue weighted by molar-refractivity contribution is 0.0660. The van der Waals surface area contributed by atoms with Crippen LogP contribution in [0.1, 0.15) is 20.8 Å². The quantitative estimate of drug-likeness (QED) is 0.327. The standard InChI is InChI=1S/C16H26FN3O3Si/c1-16(2,3)24(4,5)23-10-14(19-20-18)15(21)11-22-13-8-6-12(17)7-9-13/h6-9,14-15,21H,10-11H2,1-5H3. The van der Waals surface area contributed by atoms with Crippen molar-refractivity contribution in [3.05, 3.63) is 40.5 Å². The molecule has 0 fully saturated rings. The van der Waals surface area contributed by atoms with Gasteiger partial charge >= 0.3 is 0 Å². The number of aliphatic hydroxyl groups excluding tert-OH is 1. The second-order valence-electron chi connectivity index (χ2n) is 7.18. The van der Waals surface area contributed by atoms with Crippen molar-refractivity contribution in [3.8, 4) is 5.75 Å². The Hall–Kier alpha value is -1.60. The minimum Gasteiger partial charge on any atom is -0.491 e. The van der Waals surface area contributed by atoms with E-state index in [0.717, 1.165) is 0 Å². The molecule has 1 N–H and O–H groups in total. The molecule has 6 nitrogen and oxygen atoms in total.